The average Bonchev–Trinajstić information content (AvgIpc) is 2.58. The van der Waals surface area contributed by atoms with Gasteiger partial charge in [0.2, 0.25) is 0 Å². The van der Waals surface area contributed by atoms with Crippen LogP contribution in [0.5, 0.6) is 5.75 Å². The van der Waals surface area contributed by atoms with Gasteiger partial charge in [0, 0.05) is 36.5 Å². The fourth-order valence-corrected chi connectivity index (χ4v) is 2.88. The summed E-state index contributed by atoms with van der Waals surface area (Å²) in [6, 6.07) is 10.8. The first-order chi connectivity index (χ1) is 12.8. The van der Waals surface area contributed by atoms with E-state index in [1.807, 2.05) is 72.7 Å². The molecule has 0 radical (unpaired) electrons. The molecule has 0 aliphatic rings. The van der Waals surface area contributed by atoms with Crippen LogP contribution in [0.1, 0.15) is 63.0 Å². The molecule has 0 saturated heterocycles. The molecule has 0 atom stereocenters. The van der Waals surface area contributed by atoms with Crippen LogP contribution >= 0.6 is 0 Å². The summed E-state index contributed by atoms with van der Waals surface area (Å²) in [5.74, 6) is -0.113. The molecule has 5 heteroatoms. The van der Waals surface area contributed by atoms with Gasteiger partial charge < -0.3 is 10.0 Å². The molecule has 0 aromatic heterocycles. The Balaban J connectivity index is 2.40. The molecule has 1 N–H and O–H groups in total. The van der Waals surface area contributed by atoms with Crippen molar-refractivity contribution in [2.45, 2.75) is 52.4 Å². The van der Waals surface area contributed by atoms with E-state index in [9.17, 15) is 9.90 Å². The van der Waals surface area contributed by atoms with Crippen molar-refractivity contribution in [3.63, 3.8) is 0 Å². The molecule has 0 bridgehead atoms. The third-order valence-corrected chi connectivity index (χ3v) is 4.60. The third-order valence-electron chi connectivity index (χ3n) is 4.60. The van der Waals surface area contributed by atoms with E-state index >= 15 is 0 Å². The molecule has 0 aliphatic carbocycles. The smallest absolute Gasteiger partial charge is 0.295 e. The van der Waals surface area contributed by atoms with Gasteiger partial charge in [-0.1, -0.05) is 41.5 Å². The first kappa shape index (κ1) is 21.6. The number of hydrogen-bond acceptors (Lipinski definition) is 4. The molecule has 0 unspecified atom stereocenters. The van der Waals surface area contributed by atoms with E-state index < -0.39 is 5.91 Å². The van der Waals surface area contributed by atoms with Gasteiger partial charge in [-0.2, -0.15) is 0 Å². The van der Waals surface area contributed by atoms with Crippen LogP contribution in [-0.4, -0.2) is 25.1 Å². The number of nitrogens with zero attached hydrogens (tertiary/aromatic N) is 3. The number of amides is 1. The van der Waals surface area contributed by atoms with Crippen LogP contribution in [0.25, 0.3) is 0 Å². The highest BCUT2D eigenvalue weighted by molar-refractivity contribution is 5.95. The fourth-order valence-electron chi connectivity index (χ4n) is 2.88. The maximum absolute atomic E-state index is 12.4. The number of phenols is 1. The summed E-state index contributed by atoms with van der Waals surface area (Å²) in [5.41, 5.74) is 3.11. The Morgan fingerprint density at radius 1 is 0.893 bits per heavy atom. The SMILES string of the molecule is CN(C)c1ccc(C(=O)N=Nc2cc(C(C)(C)C)c(O)c(C(C)(C)C)c2)cc1. The Labute approximate surface area is 168 Å². The van der Waals surface area contributed by atoms with Crippen molar-refractivity contribution < 1.29 is 9.90 Å². The minimum absolute atomic E-state index is 0.262. The normalized spacial score (nSPS) is 12.4. The Morgan fingerprint density at radius 2 is 1.36 bits per heavy atom. The highest BCUT2D eigenvalue weighted by Crippen LogP contribution is 2.41. The predicted octanol–water partition coefficient (Wildman–Crippen LogP) is 5.98. The molecular formula is C23H31N3O2. The molecule has 150 valence electrons. The minimum Gasteiger partial charge on any atom is -0.507 e. The monoisotopic (exact) mass is 381 g/mol. The van der Waals surface area contributed by atoms with Crippen molar-refractivity contribution in [3.05, 3.63) is 53.1 Å². The van der Waals surface area contributed by atoms with Crippen LogP contribution in [0.4, 0.5) is 11.4 Å². The Kier molecular flexibility index (Phi) is 5.97. The molecule has 0 spiro atoms. The summed E-state index contributed by atoms with van der Waals surface area (Å²) < 4.78 is 0. The maximum atomic E-state index is 12.4. The number of aromatic hydroxyl groups is 1. The molecule has 28 heavy (non-hydrogen) atoms. The number of phenolic OH excluding ortho intramolecular Hbond substituents is 1. The Bertz CT molecular complexity index is 849. The lowest BCUT2D eigenvalue weighted by atomic mass is 9.79. The van der Waals surface area contributed by atoms with Crippen LogP contribution in [-0.2, 0) is 10.8 Å². The third kappa shape index (κ3) is 4.97. The van der Waals surface area contributed by atoms with Crippen molar-refractivity contribution in [2.75, 3.05) is 19.0 Å². The van der Waals surface area contributed by atoms with Crippen LogP contribution in [0.3, 0.4) is 0 Å². The average molecular weight is 382 g/mol. The van der Waals surface area contributed by atoms with Gasteiger partial charge in [0.1, 0.15) is 5.75 Å². The molecule has 0 aliphatic heterocycles. The minimum atomic E-state index is -0.395. The van der Waals surface area contributed by atoms with Crippen molar-refractivity contribution in [1.82, 2.24) is 0 Å². The van der Waals surface area contributed by atoms with Crippen LogP contribution in [0, 0.1) is 0 Å². The number of benzene rings is 2. The largest absolute Gasteiger partial charge is 0.507 e. The van der Waals surface area contributed by atoms with Crippen molar-refractivity contribution in [3.8, 4) is 5.75 Å². The van der Waals surface area contributed by atoms with Gasteiger partial charge in [-0.25, -0.2) is 0 Å². The summed E-state index contributed by atoms with van der Waals surface area (Å²) in [6.45, 7) is 12.2. The van der Waals surface area contributed by atoms with E-state index in [4.69, 9.17) is 0 Å². The quantitative estimate of drug-likeness (QED) is 0.665. The number of hydrogen-bond donors (Lipinski definition) is 1. The lowest BCUT2D eigenvalue weighted by molar-refractivity contribution is 0.0995. The molecule has 0 fully saturated rings. The fraction of sp³-hybridized carbons (Fsp3) is 0.435. The van der Waals surface area contributed by atoms with Crippen LogP contribution < -0.4 is 4.90 Å². The van der Waals surface area contributed by atoms with Gasteiger partial charge >= 0.3 is 0 Å². The number of rotatable bonds is 3. The number of azo groups is 1. The lowest BCUT2D eigenvalue weighted by Crippen LogP contribution is -2.16. The van der Waals surface area contributed by atoms with Gasteiger partial charge in [-0.05, 0) is 47.2 Å². The molecule has 1 amide bonds. The zero-order valence-electron chi connectivity index (χ0n) is 18.2. The van der Waals surface area contributed by atoms with E-state index in [-0.39, 0.29) is 16.6 Å². The number of carbonyl (C=O) groups is 1. The first-order valence-electron chi connectivity index (χ1n) is 9.42. The Morgan fingerprint density at radius 3 is 1.75 bits per heavy atom. The highest BCUT2D eigenvalue weighted by atomic mass is 16.3. The predicted molar refractivity (Wildman–Crippen MR) is 115 cm³/mol. The standard InChI is InChI=1S/C23H31N3O2/c1-22(2,3)18-13-16(14-19(20(18)27)23(4,5)6)24-25-21(28)15-9-11-17(12-10-15)26(7)8/h9-14,27H,1-8H3. The second-order valence-corrected chi connectivity index (χ2v) is 9.34. The topological polar surface area (TPSA) is 65.3 Å². The number of anilines is 1. The second kappa shape index (κ2) is 7.74. The van der Waals surface area contributed by atoms with Crippen molar-refractivity contribution >= 4 is 17.3 Å². The molecule has 2 aromatic rings. The van der Waals surface area contributed by atoms with Gasteiger partial charge in [-0.3, -0.25) is 4.79 Å². The van der Waals surface area contributed by atoms with E-state index in [0.717, 1.165) is 16.8 Å². The first-order valence-corrected chi connectivity index (χ1v) is 9.42. The maximum Gasteiger partial charge on any atom is 0.295 e. The van der Waals surface area contributed by atoms with Gasteiger partial charge in [0.05, 0.1) is 5.69 Å². The second-order valence-electron chi connectivity index (χ2n) is 9.34. The summed E-state index contributed by atoms with van der Waals surface area (Å²) in [6.07, 6.45) is 0. The van der Waals surface area contributed by atoms with E-state index in [1.54, 1.807) is 24.3 Å². The molecule has 2 aromatic carbocycles. The van der Waals surface area contributed by atoms with Crippen molar-refractivity contribution in [1.29, 1.82) is 0 Å². The Hall–Kier alpha value is -2.69. The molecule has 5 nitrogen and oxygen atoms in total. The molecule has 0 saturated carbocycles. The summed E-state index contributed by atoms with van der Waals surface area (Å²) in [5, 5.41) is 18.9. The summed E-state index contributed by atoms with van der Waals surface area (Å²) in [4.78, 5) is 14.4. The van der Waals surface area contributed by atoms with Gasteiger partial charge in [0.15, 0.2) is 0 Å². The highest BCUT2D eigenvalue weighted by Gasteiger charge is 2.26. The van der Waals surface area contributed by atoms with Crippen LogP contribution in [0.2, 0.25) is 0 Å². The lowest BCUT2D eigenvalue weighted by Gasteiger charge is -2.27. The van der Waals surface area contributed by atoms with E-state index in [0.29, 0.717) is 11.3 Å². The van der Waals surface area contributed by atoms with Crippen molar-refractivity contribution in [2.24, 2.45) is 10.2 Å². The van der Waals surface area contributed by atoms with Gasteiger partial charge in [-0.15, -0.1) is 10.2 Å². The zero-order chi connectivity index (χ0) is 21.3. The van der Waals surface area contributed by atoms with Gasteiger partial charge in [0.25, 0.3) is 5.91 Å². The van der Waals surface area contributed by atoms with E-state index in [1.165, 1.54) is 0 Å². The number of carbonyl (C=O) groups excluding carboxylic acids is 1. The van der Waals surface area contributed by atoms with Crippen LogP contribution in [0.15, 0.2) is 46.6 Å². The summed E-state index contributed by atoms with van der Waals surface area (Å²) in [7, 11) is 3.89. The molecule has 0 heterocycles. The van der Waals surface area contributed by atoms with E-state index in [2.05, 4.69) is 10.2 Å². The zero-order valence-corrected chi connectivity index (χ0v) is 18.2. The molecular weight excluding hydrogens is 350 g/mol. The summed E-state index contributed by atoms with van der Waals surface area (Å²) >= 11 is 0. The molecule has 2 rings (SSSR count).